The molecule has 6 heteroatoms. The van der Waals surface area contributed by atoms with Crippen molar-refractivity contribution in [2.45, 2.75) is 6.42 Å². The minimum absolute atomic E-state index is 0.188. The van der Waals surface area contributed by atoms with Crippen molar-refractivity contribution in [3.05, 3.63) is 71.9 Å². The molecule has 0 fully saturated rings. The Balaban J connectivity index is 1.66. The summed E-state index contributed by atoms with van der Waals surface area (Å²) in [6.07, 6.45) is 4.19. The summed E-state index contributed by atoms with van der Waals surface area (Å²) in [6, 6.07) is 11.6. The van der Waals surface area contributed by atoms with Crippen LogP contribution in [0.5, 0.6) is 0 Å². The van der Waals surface area contributed by atoms with Gasteiger partial charge >= 0.3 is 0 Å². The summed E-state index contributed by atoms with van der Waals surface area (Å²) in [5.41, 5.74) is 2.98. The van der Waals surface area contributed by atoms with E-state index in [1.54, 1.807) is 37.6 Å². The molecule has 5 nitrogen and oxygen atoms in total. The fourth-order valence-electron chi connectivity index (χ4n) is 2.40. The van der Waals surface area contributed by atoms with Crippen molar-refractivity contribution in [1.29, 1.82) is 0 Å². The first-order chi connectivity index (χ1) is 11.6. The molecule has 0 saturated carbocycles. The number of carbonyl (C=O) groups is 1. The Morgan fingerprint density at radius 3 is 2.58 bits per heavy atom. The number of hydrogen-bond acceptors (Lipinski definition) is 3. The quantitative estimate of drug-likeness (QED) is 0.785. The molecule has 1 N–H and O–H groups in total. The van der Waals surface area contributed by atoms with Gasteiger partial charge in [-0.25, -0.2) is 4.39 Å². The monoisotopic (exact) mass is 324 g/mol. The molecule has 1 aromatic carbocycles. The van der Waals surface area contributed by atoms with Gasteiger partial charge in [-0.2, -0.15) is 5.10 Å². The van der Waals surface area contributed by atoms with Gasteiger partial charge in [-0.3, -0.25) is 14.5 Å². The van der Waals surface area contributed by atoms with Crippen molar-refractivity contribution in [3.63, 3.8) is 0 Å². The molecule has 122 valence electrons. The topological polar surface area (TPSA) is 59.8 Å². The van der Waals surface area contributed by atoms with Crippen LogP contribution in [0.3, 0.4) is 0 Å². The molecule has 24 heavy (non-hydrogen) atoms. The van der Waals surface area contributed by atoms with Crippen LogP contribution in [0, 0.1) is 5.82 Å². The Bertz CT molecular complexity index is 828. The van der Waals surface area contributed by atoms with Gasteiger partial charge in [-0.1, -0.05) is 0 Å². The van der Waals surface area contributed by atoms with Crippen LogP contribution >= 0.6 is 0 Å². The first kappa shape index (κ1) is 15.9. The molecule has 3 aromatic rings. The summed E-state index contributed by atoms with van der Waals surface area (Å²) in [6.45, 7) is 0.528. The Morgan fingerprint density at radius 1 is 1.17 bits per heavy atom. The number of nitrogens with zero attached hydrogens (tertiary/aromatic N) is 3. The Morgan fingerprint density at radius 2 is 1.88 bits per heavy atom. The van der Waals surface area contributed by atoms with Crippen molar-refractivity contribution >= 4 is 5.91 Å². The third-order valence-electron chi connectivity index (χ3n) is 3.70. The van der Waals surface area contributed by atoms with Gasteiger partial charge in [0.2, 0.25) is 0 Å². The van der Waals surface area contributed by atoms with E-state index in [1.807, 2.05) is 12.1 Å². The molecule has 0 aliphatic heterocycles. The molecule has 0 aliphatic rings. The van der Waals surface area contributed by atoms with Gasteiger partial charge in [0.25, 0.3) is 5.91 Å². The maximum absolute atomic E-state index is 13.0. The number of carbonyl (C=O) groups excluding carboxylic acids is 1. The number of aryl methyl sites for hydroxylation is 1. The molecule has 0 spiro atoms. The molecular weight excluding hydrogens is 307 g/mol. The second kappa shape index (κ2) is 7.04. The highest BCUT2D eigenvalue weighted by Crippen LogP contribution is 2.19. The average molecular weight is 324 g/mol. The number of nitrogens with one attached hydrogen (secondary N) is 1. The van der Waals surface area contributed by atoms with Crippen LogP contribution in [-0.2, 0) is 13.5 Å². The third kappa shape index (κ3) is 3.65. The van der Waals surface area contributed by atoms with Gasteiger partial charge in [0.05, 0.1) is 5.69 Å². The summed E-state index contributed by atoms with van der Waals surface area (Å²) in [5.74, 6) is -0.490. The van der Waals surface area contributed by atoms with E-state index in [0.29, 0.717) is 17.9 Å². The molecule has 0 aliphatic carbocycles. The van der Waals surface area contributed by atoms with E-state index in [4.69, 9.17) is 0 Å². The predicted octanol–water partition coefficient (Wildman–Crippen LogP) is 2.59. The van der Waals surface area contributed by atoms with E-state index in [0.717, 1.165) is 17.5 Å². The SMILES string of the molecule is Cn1nc(-c2ccc(F)cc2)cc1C(=O)NCCc1ccncc1. The molecule has 2 heterocycles. The molecule has 2 aromatic heterocycles. The summed E-state index contributed by atoms with van der Waals surface area (Å²) in [4.78, 5) is 16.3. The molecule has 0 radical (unpaired) electrons. The van der Waals surface area contributed by atoms with Crippen LogP contribution in [0.25, 0.3) is 11.3 Å². The number of rotatable bonds is 5. The normalized spacial score (nSPS) is 10.6. The minimum Gasteiger partial charge on any atom is -0.350 e. The molecular formula is C18H17FN4O. The first-order valence-electron chi connectivity index (χ1n) is 7.60. The lowest BCUT2D eigenvalue weighted by Crippen LogP contribution is -2.27. The van der Waals surface area contributed by atoms with E-state index in [1.165, 1.54) is 16.8 Å². The van der Waals surface area contributed by atoms with E-state index < -0.39 is 0 Å². The molecule has 1 amide bonds. The fourth-order valence-corrected chi connectivity index (χ4v) is 2.40. The van der Waals surface area contributed by atoms with Crippen LogP contribution in [0.2, 0.25) is 0 Å². The Hall–Kier alpha value is -3.02. The lowest BCUT2D eigenvalue weighted by molar-refractivity contribution is 0.0944. The maximum Gasteiger partial charge on any atom is 0.269 e. The lowest BCUT2D eigenvalue weighted by atomic mass is 10.1. The Kier molecular flexibility index (Phi) is 4.65. The van der Waals surface area contributed by atoms with Crippen LogP contribution in [0.4, 0.5) is 4.39 Å². The largest absolute Gasteiger partial charge is 0.350 e. The van der Waals surface area contributed by atoms with Gasteiger partial charge in [-0.05, 0) is 54.4 Å². The van der Waals surface area contributed by atoms with Crippen molar-refractivity contribution in [1.82, 2.24) is 20.1 Å². The standard InChI is InChI=1S/C18H17FN4O/c1-23-17(12-16(22-23)14-2-4-15(19)5-3-14)18(24)21-11-8-13-6-9-20-10-7-13/h2-7,9-10,12H,8,11H2,1H3,(H,21,24). The maximum atomic E-state index is 13.0. The fraction of sp³-hybridized carbons (Fsp3) is 0.167. The molecule has 0 unspecified atom stereocenters. The summed E-state index contributed by atoms with van der Waals surface area (Å²) < 4.78 is 14.5. The lowest BCUT2D eigenvalue weighted by Gasteiger charge is -2.05. The molecule has 0 atom stereocenters. The zero-order valence-electron chi connectivity index (χ0n) is 13.2. The Labute approximate surface area is 139 Å². The number of hydrogen-bond donors (Lipinski definition) is 1. The number of halogens is 1. The van der Waals surface area contributed by atoms with E-state index in [-0.39, 0.29) is 11.7 Å². The van der Waals surface area contributed by atoms with Gasteiger partial charge in [0, 0.05) is 31.5 Å². The van der Waals surface area contributed by atoms with E-state index in [9.17, 15) is 9.18 Å². The highest BCUT2D eigenvalue weighted by Gasteiger charge is 2.14. The highest BCUT2D eigenvalue weighted by molar-refractivity contribution is 5.93. The molecule has 0 saturated heterocycles. The zero-order chi connectivity index (χ0) is 16.9. The number of aromatic nitrogens is 3. The highest BCUT2D eigenvalue weighted by atomic mass is 19.1. The number of pyridine rings is 1. The van der Waals surface area contributed by atoms with E-state index >= 15 is 0 Å². The predicted molar refractivity (Wildman–Crippen MR) is 88.9 cm³/mol. The number of benzene rings is 1. The first-order valence-corrected chi connectivity index (χ1v) is 7.60. The smallest absolute Gasteiger partial charge is 0.269 e. The molecule has 0 bridgehead atoms. The second-order valence-electron chi connectivity index (χ2n) is 5.41. The summed E-state index contributed by atoms with van der Waals surface area (Å²) >= 11 is 0. The zero-order valence-corrected chi connectivity index (χ0v) is 13.2. The van der Waals surface area contributed by atoms with Crippen LogP contribution < -0.4 is 5.32 Å². The van der Waals surface area contributed by atoms with Crippen molar-refractivity contribution < 1.29 is 9.18 Å². The van der Waals surface area contributed by atoms with Crippen molar-refractivity contribution in [2.75, 3.05) is 6.54 Å². The van der Waals surface area contributed by atoms with Crippen molar-refractivity contribution in [2.24, 2.45) is 7.05 Å². The van der Waals surface area contributed by atoms with Crippen molar-refractivity contribution in [3.8, 4) is 11.3 Å². The number of amides is 1. The summed E-state index contributed by atoms with van der Waals surface area (Å²) in [5, 5.41) is 7.20. The average Bonchev–Trinajstić information content (AvgIpc) is 2.98. The van der Waals surface area contributed by atoms with Gasteiger partial charge in [-0.15, -0.1) is 0 Å². The molecule has 3 rings (SSSR count). The summed E-state index contributed by atoms with van der Waals surface area (Å²) in [7, 11) is 1.71. The third-order valence-corrected chi connectivity index (χ3v) is 3.70. The van der Waals surface area contributed by atoms with Crippen LogP contribution in [-0.4, -0.2) is 27.2 Å². The van der Waals surface area contributed by atoms with Crippen LogP contribution in [0.1, 0.15) is 16.1 Å². The van der Waals surface area contributed by atoms with Gasteiger partial charge < -0.3 is 5.32 Å². The van der Waals surface area contributed by atoms with Crippen LogP contribution in [0.15, 0.2) is 54.9 Å². The minimum atomic E-state index is -0.302. The van der Waals surface area contributed by atoms with Gasteiger partial charge in [0.1, 0.15) is 11.5 Å². The second-order valence-corrected chi connectivity index (χ2v) is 5.41. The van der Waals surface area contributed by atoms with E-state index in [2.05, 4.69) is 15.4 Å². The van der Waals surface area contributed by atoms with Gasteiger partial charge in [0.15, 0.2) is 0 Å².